The molecule has 0 radical (unpaired) electrons. The summed E-state index contributed by atoms with van der Waals surface area (Å²) in [7, 11) is 0. The molecule has 0 spiro atoms. The summed E-state index contributed by atoms with van der Waals surface area (Å²) < 4.78 is 21.7. The van der Waals surface area contributed by atoms with Crippen molar-refractivity contribution in [3.05, 3.63) is 30.3 Å². The number of esters is 1. The van der Waals surface area contributed by atoms with Crippen molar-refractivity contribution in [3.8, 4) is 5.75 Å². The van der Waals surface area contributed by atoms with Crippen LogP contribution in [0, 0.1) is 0 Å². The molecule has 1 aromatic rings. The van der Waals surface area contributed by atoms with E-state index in [1.165, 1.54) is 0 Å². The highest BCUT2D eigenvalue weighted by atomic mass is 35.7. The number of halogens is 1. The van der Waals surface area contributed by atoms with Crippen molar-refractivity contribution >= 4 is 24.1 Å². The van der Waals surface area contributed by atoms with E-state index in [0.29, 0.717) is 5.75 Å². The molecule has 0 fully saturated rings. The number of rotatable bonds is 6. The van der Waals surface area contributed by atoms with Gasteiger partial charge in [-0.15, -0.1) is 0 Å². The lowest BCUT2D eigenvalue weighted by atomic mass is 10.3. The van der Waals surface area contributed by atoms with E-state index in [0.717, 1.165) is 0 Å². The van der Waals surface area contributed by atoms with E-state index >= 15 is 0 Å². The molecule has 7 heteroatoms. The Morgan fingerprint density at radius 3 is 2.56 bits per heavy atom. The van der Waals surface area contributed by atoms with Gasteiger partial charge in [0, 0.05) is 11.2 Å². The molecule has 0 bridgehead atoms. The van der Waals surface area contributed by atoms with E-state index in [9.17, 15) is 9.36 Å². The number of hydrogen-bond donors (Lipinski definition) is 1. The molecule has 0 heterocycles. The summed E-state index contributed by atoms with van der Waals surface area (Å²) in [5, 5.41) is 2.34. The molecule has 5 nitrogen and oxygen atoms in total. The van der Waals surface area contributed by atoms with Crippen LogP contribution in [-0.2, 0) is 14.1 Å². The number of para-hydroxylation sites is 1. The summed E-state index contributed by atoms with van der Waals surface area (Å²) in [5.41, 5.74) is 0. The maximum Gasteiger partial charge on any atom is 0.409 e. The van der Waals surface area contributed by atoms with Crippen LogP contribution < -0.4 is 9.61 Å². The third kappa shape index (κ3) is 6.05. The van der Waals surface area contributed by atoms with Crippen molar-refractivity contribution in [2.75, 3.05) is 6.54 Å². The SMILES string of the molecule is CC(C)OC(=O)CNP(=O)(Cl)Oc1ccccc1. The monoisotopic (exact) mass is 291 g/mol. The lowest BCUT2D eigenvalue weighted by molar-refractivity contribution is -0.145. The van der Waals surface area contributed by atoms with Crippen LogP contribution in [0.15, 0.2) is 30.3 Å². The highest BCUT2D eigenvalue weighted by molar-refractivity contribution is 7.84. The minimum absolute atomic E-state index is 0.232. The molecule has 1 aromatic carbocycles. The van der Waals surface area contributed by atoms with E-state index < -0.39 is 12.8 Å². The molecule has 0 aliphatic carbocycles. The number of ether oxygens (including phenoxy) is 1. The van der Waals surface area contributed by atoms with E-state index in [1.54, 1.807) is 44.2 Å². The fourth-order valence-corrected chi connectivity index (χ4v) is 2.31. The van der Waals surface area contributed by atoms with E-state index in [4.69, 9.17) is 20.5 Å². The Balaban J connectivity index is 2.45. The van der Waals surface area contributed by atoms with Gasteiger partial charge in [0.1, 0.15) is 12.3 Å². The van der Waals surface area contributed by atoms with E-state index in [-0.39, 0.29) is 12.6 Å². The second-order valence-corrected chi connectivity index (χ2v) is 6.55. The number of benzene rings is 1. The molecule has 1 rings (SSSR count). The molecular formula is C11H15ClNO4P. The largest absolute Gasteiger partial charge is 0.462 e. The van der Waals surface area contributed by atoms with Crippen molar-refractivity contribution in [1.29, 1.82) is 0 Å². The van der Waals surface area contributed by atoms with Gasteiger partial charge in [-0.1, -0.05) is 18.2 Å². The van der Waals surface area contributed by atoms with Gasteiger partial charge < -0.3 is 9.26 Å². The molecular weight excluding hydrogens is 277 g/mol. The van der Waals surface area contributed by atoms with Crippen molar-refractivity contribution in [3.63, 3.8) is 0 Å². The zero-order chi connectivity index (χ0) is 13.6. The first-order valence-electron chi connectivity index (χ1n) is 5.38. The second kappa shape index (κ2) is 6.78. The molecule has 0 amide bonds. The molecule has 1 N–H and O–H groups in total. The van der Waals surface area contributed by atoms with Gasteiger partial charge in [-0.05, 0) is 26.0 Å². The zero-order valence-corrected chi connectivity index (χ0v) is 11.8. The molecule has 1 atom stereocenters. The molecule has 0 saturated carbocycles. The predicted molar refractivity (Wildman–Crippen MR) is 69.8 cm³/mol. The lowest BCUT2D eigenvalue weighted by Gasteiger charge is -2.14. The van der Waals surface area contributed by atoms with Gasteiger partial charge in [-0.3, -0.25) is 4.79 Å². The van der Waals surface area contributed by atoms with Crippen LogP contribution in [0.2, 0.25) is 0 Å². The average Bonchev–Trinajstić information content (AvgIpc) is 2.26. The topological polar surface area (TPSA) is 64.6 Å². The fraction of sp³-hybridized carbons (Fsp3) is 0.364. The summed E-state index contributed by atoms with van der Waals surface area (Å²) >= 11 is 5.67. The predicted octanol–water partition coefficient (Wildman–Crippen LogP) is 2.95. The quantitative estimate of drug-likeness (QED) is 0.645. The van der Waals surface area contributed by atoms with Crippen LogP contribution in [0.5, 0.6) is 5.75 Å². The number of hydrogen-bond acceptors (Lipinski definition) is 4. The van der Waals surface area contributed by atoms with Gasteiger partial charge in [0.25, 0.3) is 0 Å². The van der Waals surface area contributed by atoms with Gasteiger partial charge in [0.05, 0.1) is 6.10 Å². The fourth-order valence-electron chi connectivity index (χ4n) is 1.11. The highest BCUT2D eigenvalue weighted by Crippen LogP contribution is 2.47. The minimum Gasteiger partial charge on any atom is -0.462 e. The van der Waals surface area contributed by atoms with Gasteiger partial charge in [-0.2, -0.15) is 0 Å². The Bertz CT molecular complexity index is 438. The number of carbonyl (C=O) groups is 1. The molecule has 0 aliphatic rings. The third-order valence-electron chi connectivity index (χ3n) is 1.75. The first kappa shape index (κ1) is 15.0. The zero-order valence-electron chi connectivity index (χ0n) is 10.1. The molecule has 0 saturated heterocycles. The third-order valence-corrected chi connectivity index (χ3v) is 3.29. The average molecular weight is 292 g/mol. The molecule has 100 valence electrons. The summed E-state index contributed by atoms with van der Waals surface area (Å²) in [6.45, 7) is -0.421. The summed E-state index contributed by atoms with van der Waals surface area (Å²) in [6.07, 6.45) is -0.232. The maximum absolute atomic E-state index is 11.8. The normalized spacial score (nSPS) is 14.0. The van der Waals surface area contributed by atoms with Crippen LogP contribution in [-0.4, -0.2) is 18.6 Å². The summed E-state index contributed by atoms with van der Waals surface area (Å²) in [4.78, 5) is 11.2. The minimum atomic E-state index is -3.59. The summed E-state index contributed by atoms with van der Waals surface area (Å²) in [6, 6.07) is 8.46. The van der Waals surface area contributed by atoms with Crippen LogP contribution in [0.4, 0.5) is 0 Å². The maximum atomic E-state index is 11.8. The van der Waals surface area contributed by atoms with Gasteiger partial charge in [0.15, 0.2) is 0 Å². The van der Waals surface area contributed by atoms with Crippen LogP contribution >= 0.6 is 18.1 Å². The Morgan fingerprint density at radius 2 is 2.00 bits per heavy atom. The van der Waals surface area contributed by atoms with Gasteiger partial charge >= 0.3 is 12.8 Å². The summed E-state index contributed by atoms with van der Waals surface area (Å²) in [5.74, 6) is -0.178. The smallest absolute Gasteiger partial charge is 0.409 e. The Morgan fingerprint density at radius 1 is 1.39 bits per heavy atom. The Labute approximate surface area is 111 Å². The first-order valence-corrected chi connectivity index (χ1v) is 7.91. The lowest BCUT2D eigenvalue weighted by Crippen LogP contribution is -2.24. The van der Waals surface area contributed by atoms with Gasteiger partial charge in [-0.25, -0.2) is 9.65 Å². The van der Waals surface area contributed by atoms with Crippen molar-refractivity contribution < 1.29 is 18.6 Å². The number of nitrogens with one attached hydrogen (secondary N) is 1. The number of carbonyl (C=O) groups excluding carboxylic acids is 1. The van der Waals surface area contributed by atoms with E-state index in [1.807, 2.05) is 0 Å². The van der Waals surface area contributed by atoms with Crippen molar-refractivity contribution in [2.45, 2.75) is 20.0 Å². The van der Waals surface area contributed by atoms with E-state index in [2.05, 4.69) is 5.09 Å². The molecule has 1 unspecified atom stereocenters. The van der Waals surface area contributed by atoms with Gasteiger partial charge in [0.2, 0.25) is 0 Å². The second-order valence-electron chi connectivity index (χ2n) is 3.76. The Hall–Kier alpha value is -1.03. The van der Waals surface area contributed by atoms with Crippen molar-refractivity contribution in [1.82, 2.24) is 5.09 Å². The molecule has 0 aliphatic heterocycles. The highest BCUT2D eigenvalue weighted by Gasteiger charge is 2.22. The van der Waals surface area contributed by atoms with Crippen LogP contribution in [0.25, 0.3) is 0 Å². The van der Waals surface area contributed by atoms with Crippen LogP contribution in [0.3, 0.4) is 0 Å². The molecule has 18 heavy (non-hydrogen) atoms. The van der Waals surface area contributed by atoms with Crippen LogP contribution in [0.1, 0.15) is 13.8 Å². The Kier molecular flexibility index (Phi) is 5.66. The standard InChI is InChI=1S/C11H15ClNO4P/c1-9(2)16-11(14)8-13-18(12,15)17-10-6-4-3-5-7-10/h3-7,9H,8H2,1-2H3,(H,13,15). The molecule has 0 aromatic heterocycles. The first-order chi connectivity index (χ1) is 8.39. The van der Waals surface area contributed by atoms with Crippen molar-refractivity contribution in [2.24, 2.45) is 0 Å².